The number of nitrogens with zero attached hydrogens (tertiary/aromatic N) is 1. The van der Waals surface area contributed by atoms with E-state index in [1.165, 1.54) is 5.56 Å². The van der Waals surface area contributed by atoms with Crippen molar-refractivity contribution >= 4 is 18.3 Å². The van der Waals surface area contributed by atoms with Gasteiger partial charge < -0.3 is 15.4 Å². The highest BCUT2D eigenvalue weighted by Gasteiger charge is 2.36. The quantitative estimate of drug-likeness (QED) is 0.874. The van der Waals surface area contributed by atoms with Gasteiger partial charge in [0.25, 0.3) is 0 Å². The number of carbonyl (C=O) groups excluding carboxylic acids is 1. The zero-order chi connectivity index (χ0) is 15.2. The third kappa shape index (κ3) is 4.22. The summed E-state index contributed by atoms with van der Waals surface area (Å²) in [5.74, 6) is 0.404. The van der Waals surface area contributed by atoms with E-state index in [1.807, 2.05) is 11.0 Å². The number of amides is 1. The predicted molar refractivity (Wildman–Crippen MR) is 91.3 cm³/mol. The van der Waals surface area contributed by atoms with Crippen molar-refractivity contribution in [3.63, 3.8) is 0 Å². The summed E-state index contributed by atoms with van der Waals surface area (Å²) in [5, 5.41) is 0. The fourth-order valence-electron chi connectivity index (χ4n) is 3.38. The van der Waals surface area contributed by atoms with Crippen molar-refractivity contribution in [3.05, 3.63) is 35.9 Å². The molecule has 0 bridgehead atoms. The van der Waals surface area contributed by atoms with Crippen molar-refractivity contribution in [1.29, 1.82) is 0 Å². The number of hydrogen-bond donors (Lipinski definition) is 1. The first-order chi connectivity index (χ1) is 10.2. The van der Waals surface area contributed by atoms with Crippen LogP contribution in [0, 0.1) is 0 Å². The highest BCUT2D eigenvalue weighted by Crippen LogP contribution is 2.33. The van der Waals surface area contributed by atoms with Crippen LogP contribution in [0.4, 0.5) is 0 Å². The Hall–Kier alpha value is -1.10. The lowest BCUT2D eigenvalue weighted by molar-refractivity contribution is -0.135. The minimum absolute atomic E-state index is 0. The molecule has 1 aliphatic rings. The molecule has 5 heteroatoms. The molecule has 1 amide bonds. The molecule has 1 aromatic rings. The van der Waals surface area contributed by atoms with Gasteiger partial charge in [-0.2, -0.15) is 0 Å². The van der Waals surface area contributed by atoms with E-state index >= 15 is 0 Å². The van der Waals surface area contributed by atoms with Crippen LogP contribution in [0.5, 0.6) is 0 Å². The lowest BCUT2D eigenvalue weighted by atomic mass is 9.87. The number of rotatable bonds is 6. The molecule has 4 nitrogen and oxygen atoms in total. The maximum Gasteiger partial charge on any atom is 0.242 e. The number of ether oxygens (including phenoxy) is 1. The first-order valence-corrected chi connectivity index (χ1v) is 7.79. The number of nitrogens with two attached hydrogens (primary N) is 1. The van der Waals surface area contributed by atoms with E-state index in [0.29, 0.717) is 5.92 Å². The van der Waals surface area contributed by atoms with E-state index in [2.05, 4.69) is 31.2 Å². The van der Waals surface area contributed by atoms with Crippen molar-refractivity contribution < 1.29 is 9.53 Å². The molecule has 0 saturated carbocycles. The number of likely N-dealkylation sites (tertiary alicyclic amines) is 1. The molecule has 0 aromatic heterocycles. The molecule has 0 radical (unpaired) electrons. The SMILES string of the molecule is CCC(c1ccccc1)C1CCCN1C(=O)C(N)COC.Cl. The molecular weight excluding hydrogens is 300 g/mol. The molecule has 3 atom stereocenters. The normalized spacial score (nSPS) is 20.3. The average molecular weight is 327 g/mol. The summed E-state index contributed by atoms with van der Waals surface area (Å²) < 4.78 is 5.02. The molecule has 0 aliphatic carbocycles. The molecule has 124 valence electrons. The van der Waals surface area contributed by atoms with E-state index < -0.39 is 6.04 Å². The van der Waals surface area contributed by atoms with Gasteiger partial charge >= 0.3 is 0 Å². The van der Waals surface area contributed by atoms with Crippen molar-refractivity contribution in [1.82, 2.24) is 4.90 Å². The molecule has 0 spiro atoms. The lowest BCUT2D eigenvalue weighted by Gasteiger charge is -2.33. The molecule has 1 saturated heterocycles. The highest BCUT2D eigenvalue weighted by molar-refractivity contribution is 5.85. The summed E-state index contributed by atoms with van der Waals surface area (Å²) in [6, 6.07) is 10.2. The van der Waals surface area contributed by atoms with Crippen LogP contribution >= 0.6 is 12.4 Å². The Bertz CT molecular complexity index is 455. The second kappa shape index (κ2) is 9.13. The summed E-state index contributed by atoms with van der Waals surface area (Å²) in [6.07, 6.45) is 3.14. The van der Waals surface area contributed by atoms with Gasteiger partial charge in [0.15, 0.2) is 0 Å². The van der Waals surface area contributed by atoms with Crippen molar-refractivity contribution in [2.75, 3.05) is 20.3 Å². The third-order valence-electron chi connectivity index (χ3n) is 4.38. The van der Waals surface area contributed by atoms with Crippen LogP contribution in [0.25, 0.3) is 0 Å². The number of hydrogen-bond acceptors (Lipinski definition) is 3. The second-order valence-corrected chi connectivity index (χ2v) is 5.73. The largest absolute Gasteiger partial charge is 0.383 e. The first-order valence-electron chi connectivity index (χ1n) is 7.79. The minimum atomic E-state index is -0.552. The van der Waals surface area contributed by atoms with Gasteiger partial charge in [-0.3, -0.25) is 4.79 Å². The molecule has 22 heavy (non-hydrogen) atoms. The van der Waals surface area contributed by atoms with Crippen LogP contribution in [-0.2, 0) is 9.53 Å². The zero-order valence-electron chi connectivity index (χ0n) is 13.4. The van der Waals surface area contributed by atoms with Gasteiger partial charge in [-0.25, -0.2) is 0 Å². The maximum atomic E-state index is 12.5. The molecule has 1 fully saturated rings. The van der Waals surface area contributed by atoms with Crippen molar-refractivity contribution in [2.24, 2.45) is 5.73 Å². The molecule has 2 N–H and O–H groups in total. The molecule has 1 aromatic carbocycles. The van der Waals surface area contributed by atoms with Crippen LogP contribution in [0.15, 0.2) is 30.3 Å². The smallest absolute Gasteiger partial charge is 0.242 e. The Morgan fingerprint density at radius 1 is 1.41 bits per heavy atom. The van der Waals surface area contributed by atoms with E-state index in [9.17, 15) is 4.79 Å². The Labute approximate surface area is 139 Å². The van der Waals surface area contributed by atoms with Gasteiger partial charge in [-0.1, -0.05) is 37.3 Å². The maximum absolute atomic E-state index is 12.5. The summed E-state index contributed by atoms with van der Waals surface area (Å²) in [5.41, 5.74) is 7.24. The van der Waals surface area contributed by atoms with E-state index in [0.717, 1.165) is 25.8 Å². The number of benzene rings is 1. The Morgan fingerprint density at radius 3 is 2.68 bits per heavy atom. The molecule has 3 unspecified atom stereocenters. The fraction of sp³-hybridized carbons (Fsp3) is 0.588. The van der Waals surface area contributed by atoms with E-state index in [-0.39, 0.29) is 31.0 Å². The standard InChI is InChI=1S/C17H26N2O2.ClH/c1-3-14(13-8-5-4-6-9-13)16-10-7-11-19(16)17(20)15(18)12-21-2;/h4-6,8-9,14-16H,3,7,10-12,18H2,1-2H3;1H. The van der Waals surface area contributed by atoms with E-state index in [1.54, 1.807) is 7.11 Å². The number of carbonyl (C=O) groups is 1. The van der Waals surface area contributed by atoms with Crippen LogP contribution in [-0.4, -0.2) is 43.2 Å². The van der Waals surface area contributed by atoms with Gasteiger partial charge in [-0.15, -0.1) is 12.4 Å². The second-order valence-electron chi connectivity index (χ2n) is 5.73. The fourth-order valence-corrected chi connectivity index (χ4v) is 3.38. The van der Waals surface area contributed by atoms with Gasteiger partial charge in [-0.05, 0) is 24.8 Å². The summed E-state index contributed by atoms with van der Waals surface area (Å²) >= 11 is 0. The summed E-state index contributed by atoms with van der Waals surface area (Å²) in [6.45, 7) is 3.28. The first kappa shape index (κ1) is 18.9. The predicted octanol–water partition coefficient (Wildman–Crippen LogP) is 2.57. The summed E-state index contributed by atoms with van der Waals surface area (Å²) in [4.78, 5) is 14.5. The van der Waals surface area contributed by atoms with Crippen molar-refractivity contribution in [2.45, 2.75) is 44.2 Å². The zero-order valence-corrected chi connectivity index (χ0v) is 14.2. The number of methoxy groups -OCH3 is 1. The van der Waals surface area contributed by atoms with E-state index in [4.69, 9.17) is 10.5 Å². The van der Waals surface area contributed by atoms with Gasteiger partial charge in [0.1, 0.15) is 6.04 Å². The third-order valence-corrected chi connectivity index (χ3v) is 4.38. The van der Waals surface area contributed by atoms with Gasteiger partial charge in [0, 0.05) is 25.6 Å². The van der Waals surface area contributed by atoms with Crippen molar-refractivity contribution in [3.8, 4) is 0 Å². The Balaban J connectivity index is 0.00000242. The molecule has 1 heterocycles. The Kier molecular flexibility index (Phi) is 7.87. The highest BCUT2D eigenvalue weighted by atomic mass is 35.5. The lowest BCUT2D eigenvalue weighted by Crippen LogP contribution is -2.49. The topological polar surface area (TPSA) is 55.6 Å². The van der Waals surface area contributed by atoms with Gasteiger partial charge in [0.2, 0.25) is 5.91 Å². The van der Waals surface area contributed by atoms with Crippen LogP contribution in [0.2, 0.25) is 0 Å². The molecular formula is C17H27ClN2O2. The van der Waals surface area contributed by atoms with Crippen LogP contribution < -0.4 is 5.73 Å². The minimum Gasteiger partial charge on any atom is -0.383 e. The number of halogens is 1. The van der Waals surface area contributed by atoms with Crippen LogP contribution in [0.1, 0.15) is 37.7 Å². The average Bonchev–Trinajstić information content (AvgIpc) is 2.98. The molecule has 2 rings (SSSR count). The summed E-state index contributed by atoms with van der Waals surface area (Å²) in [7, 11) is 1.58. The molecule has 1 aliphatic heterocycles. The van der Waals surface area contributed by atoms with Gasteiger partial charge in [0.05, 0.1) is 6.61 Å². The monoisotopic (exact) mass is 326 g/mol. The Morgan fingerprint density at radius 2 is 2.09 bits per heavy atom. The van der Waals surface area contributed by atoms with Crippen LogP contribution in [0.3, 0.4) is 0 Å².